The quantitative estimate of drug-likeness (QED) is 0.818. The second kappa shape index (κ2) is 5.72. The first-order chi connectivity index (χ1) is 7.54. The number of carbonyl (C=O) groups excluding carboxylic acids is 1. The minimum atomic E-state index is -0.375. The first-order valence-electron chi connectivity index (χ1n) is 4.89. The lowest BCUT2D eigenvalue weighted by molar-refractivity contribution is -0.119. The Kier molecular flexibility index (Phi) is 4.58. The van der Waals surface area contributed by atoms with Crippen molar-refractivity contribution in [1.82, 2.24) is 5.32 Å². The van der Waals surface area contributed by atoms with Gasteiger partial charge in [-0.05, 0) is 24.6 Å². The normalized spacial score (nSPS) is 12.2. The van der Waals surface area contributed by atoms with Gasteiger partial charge in [0.15, 0.2) is 0 Å². The summed E-state index contributed by atoms with van der Waals surface area (Å²) in [5, 5.41) is 3.54. The summed E-state index contributed by atoms with van der Waals surface area (Å²) in [6.07, 6.45) is 0. The molecule has 1 unspecified atom stereocenters. The van der Waals surface area contributed by atoms with Gasteiger partial charge in [0.1, 0.15) is 5.75 Å². The Morgan fingerprint density at radius 1 is 1.62 bits per heavy atom. The van der Waals surface area contributed by atoms with Crippen LogP contribution >= 0.6 is 11.6 Å². The van der Waals surface area contributed by atoms with E-state index in [1.54, 1.807) is 26.2 Å². The van der Waals surface area contributed by atoms with Crippen LogP contribution in [0.1, 0.15) is 12.5 Å². The Morgan fingerprint density at radius 3 is 2.81 bits per heavy atom. The van der Waals surface area contributed by atoms with Crippen molar-refractivity contribution in [2.75, 3.05) is 7.11 Å². The van der Waals surface area contributed by atoms with Crippen LogP contribution in [-0.2, 0) is 11.3 Å². The van der Waals surface area contributed by atoms with Crippen LogP contribution in [0.4, 0.5) is 0 Å². The third-order valence-electron chi connectivity index (χ3n) is 2.26. The Balaban J connectivity index is 2.62. The monoisotopic (exact) mass is 242 g/mol. The first kappa shape index (κ1) is 12.8. The predicted octanol–water partition coefficient (Wildman–Crippen LogP) is 1.31. The van der Waals surface area contributed by atoms with Gasteiger partial charge < -0.3 is 15.8 Å². The molecule has 0 fully saturated rings. The van der Waals surface area contributed by atoms with E-state index < -0.39 is 0 Å². The summed E-state index contributed by atoms with van der Waals surface area (Å²) in [5.74, 6) is 0.257. The average Bonchev–Trinajstić information content (AvgIpc) is 2.25. The number of amides is 1. The number of nitrogens with two attached hydrogens (primary N) is 1. The van der Waals surface area contributed by atoms with E-state index in [9.17, 15) is 4.79 Å². The van der Waals surface area contributed by atoms with E-state index in [2.05, 4.69) is 5.32 Å². The zero-order valence-electron chi connectivity index (χ0n) is 9.29. The van der Waals surface area contributed by atoms with Crippen LogP contribution in [0.3, 0.4) is 0 Å². The number of halogens is 1. The summed E-state index contributed by atoms with van der Waals surface area (Å²) < 4.78 is 5.04. The van der Waals surface area contributed by atoms with E-state index in [0.717, 1.165) is 5.56 Å². The lowest BCUT2D eigenvalue weighted by Crippen LogP contribution is -2.38. The highest BCUT2D eigenvalue weighted by Gasteiger charge is 2.08. The number of carbonyl (C=O) groups is 1. The maximum atomic E-state index is 10.8. The van der Waals surface area contributed by atoms with Gasteiger partial charge in [0.05, 0.1) is 18.2 Å². The van der Waals surface area contributed by atoms with Gasteiger partial charge in [0.2, 0.25) is 5.91 Å². The zero-order chi connectivity index (χ0) is 12.1. The lowest BCUT2D eigenvalue weighted by atomic mass is 10.2. The molecule has 0 aromatic heterocycles. The number of methoxy groups -OCH3 is 1. The van der Waals surface area contributed by atoms with Crippen molar-refractivity contribution in [2.24, 2.45) is 5.73 Å². The summed E-state index contributed by atoms with van der Waals surface area (Å²) in [4.78, 5) is 10.8. The van der Waals surface area contributed by atoms with Crippen LogP contribution in [-0.4, -0.2) is 19.1 Å². The Morgan fingerprint density at radius 2 is 2.31 bits per heavy atom. The van der Waals surface area contributed by atoms with E-state index in [1.165, 1.54) is 0 Å². The van der Waals surface area contributed by atoms with Crippen LogP contribution in [0.2, 0.25) is 5.02 Å². The highest BCUT2D eigenvalue weighted by Crippen LogP contribution is 2.24. The van der Waals surface area contributed by atoms with Crippen LogP contribution in [0.25, 0.3) is 0 Å². The minimum Gasteiger partial charge on any atom is -0.495 e. The summed E-state index contributed by atoms with van der Waals surface area (Å²) in [7, 11) is 1.56. The molecule has 0 saturated heterocycles. The fourth-order valence-electron chi connectivity index (χ4n) is 1.19. The molecule has 0 saturated carbocycles. The highest BCUT2D eigenvalue weighted by molar-refractivity contribution is 6.32. The van der Waals surface area contributed by atoms with Crippen molar-refractivity contribution in [1.29, 1.82) is 0 Å². The maximum Gasteiger partial charge on any atom is 0.234 e. The molecule has 1 aromatic rings. The number of ether oxygens (including phenoxy) is 1. The van der Waals surface area contributed by atoms with Crippen LogP contribution < -0.4 is 15.8 Å². The number of primary amides is 1. The maximum absolute atomic E-state index is 10.8. The van der Waals surface area contributed by atoms with Gasteiger partial charge in [-0.3, -0.25) is 4.79 Å². The largest absolute Gasteiger partial charge is 0.495 e. The number of nitrogens with one attached hydrogen (secondary N) is 1. The second-order valence-corrected chi connectivity index (χ2v) is 3.88. The molecular weight excluding hydrogens is 228 g/mol. The summed E-state index contributed by atoms with van der Waals surface area (Å²) in [5.41, 5.74) is 6.10. The lowest BCUT2D eigenvalue weighted by Gasteiger charge is -2.11. The van der Waals surface area contributed by atoms with Crippen LogP contribution in [0, 0.1) is 0 Å². The fraction of sp³-hybridized carbons (Fsp3) is 0.364. The summed E-state index contributed by atoms with van der Waals surface area (Å²) >= 11 is 5.96. The van der Waals surface area contributed by atoms with Crippen molar-refractivity contribution < 1.29 is 9.53 Å². The Bertz CT molecular complexity index is 382. The molecule has 0 aliphatic carbocycles. The molecular formula is C11H15ClN2O2. The average molecular weight is 243 g/mol. The molecule has 16 heavy (non-hydrogen) atoms. The first-order valence-corrected chi connectivity index (χ1v) is 5.27. The molecule has 0 aliphatic rings. The van der Waals surface area contributed by atoms with Gasteiger partial charge >= 0.3 is 0 Å². The van der Waals surface area contributed by atoms with Crippen LogP contribution in [0.15, 0.2) is 18.2 Å². The molecule has 1 rings (SSSR count). The van der Waals surface area contributed by atoms with Gasteiger partial charge in [0, 0.05) is 6.54 Å². The molecule has 0 spiro atoms. The summed E-state index contributed by atoms with van der Waals surface area (Å²) in [6, 6.07) is 5.10. The molecule has 1 aromatic carbocycles. The number of hydrogen-bond acceptors (Lipinski definition) is 3. The van der Waals surface area contributed by atoms with Crippen molar-refractivity contribution in [3.63, 3.8) is 0 Å². The van der Waals surface area contributed by atoms with Crippen molar-refractivity contribution in [2.45, 2.75) is 19.5 Å². The van der Waals surface area contributed by atoms with Gasteiger partial charge in [-0.1, -0.05) is 17.7 Å². The molecule has 1 atom stereocenters. The third-order valence-corrected chi connectivity index (χ3v) is 2.55. The van der Waals surface area contributed by atoms with E-state index in [4.69, 9.17) is 22.1 Å². The Labute approximate surface area is 99.7 Å². The predicted molar refractivity (Wildman–Crippen MR) is 63.5 cm³/mol. The van der Waals surface area contributed by atoms with E-state index in [1.807, 2.05) is 6.07 Å². The topological polar surface area (TPSA) is 64.3 Å². The number of hydrogen-bond donors (Lipinski definition) is 2. The van der Waals surface area contributed by atoms with Crippen molar-refractivity contribution >= 4 is 17.5 Å². The van der Waals surface area contributed by atoms with Gasteiger partial charge in [0.25, 0.3) is 0 Å². The van der Waals surface area contributed by atoms with E-state index >= 15 is 0 Å². The van der Waals surface area contributed by atoms with Crippen molar-refractivity contribution in [3.05, 3.63) is 28.8 Å². The molecule has 0 bridgehead atoms. The minimum absolute atomic E-state index is 0.360. The molecule has 88 valence electrons. The van der Waals surface area contributed by atoms with Crippen LogP contribution in [0.5, 0.6) is 5.75 Å². The molecule has 0 radical (unpaired) electrons. The van der Waals surface area contributed by atoms with Gasteiger partial charge in [-0.25, -0.2) is 0 Å². The smallest absolute Gasteiger partial charge is 0.234 e. The molecule has 0 heterocycles. The standard InChI is InChI=1S/C11H15ClN2O2/c1-7(11(13)15)14-6-8-3-4-10(16-2)9(12)5-8/h3-5,7,14H,6H2,1-2H3,(H2,13,15). The molecule has 4 nitrogen and oxygen atoms in total. The molecule has 0 aliphatic heterocycles. The fourth-order valence-corrected chi connectivity index (χ4v) is 1.47. The SMILES string of the molecule is COc1ccc(CNC(C)C(N)=O)cc1Cl. The van der Waals surface area contributed by atoms with Gasteiger partial charge in [-0.2, -0.15) is 0 Å². The number of benzene rings is 1. The van der Waals surface area contributed by atoms with Crippen molar-refractivity contribution in [3.8, 4) is 5.75 Å². The molecule has 3 N–H and O–H groups in total. The third kappa shape index (κ3) is 3.40. The van der Waals surface area contributed by atoms with E-state index in [-0.39, 0.29) is 11.9 Å². The molecule has 1 amide bonds. The highest BCUT2D eigenvalue weighted by atomic mass is 35.5. The number of rotatable bonds is 5. The second-order valence-electron chi connectivity index (χ2n) is 3.47. The zero-order valence-corrected chi connectivity index (χ0v) is 10.0. The Hall–Kier alpha value is -1.26. The molecule has 5 heteroatoms. The summed E-state index contributed by atoms with van der Waals surface area (Å²) in [6.45, 7) is 2.25. The van der Waals surface area contributed by atoms with Gasteiger partial charge in [-0.15, -0.1) is 0 Å². The van der Waals surface area contributed by atoms with E-state index in [0.29, 0.717) is 17.3 Å².